The molecule has 12 heteroatoms. The zero-order valence-corrected chi connectivity index (χ0v) is 23.0. The highest BCUT2D eigenvalue weighted by Crippen LogP contribution is 2.35. The monoisotopic (exact) mass is 575 g/mol. The van der Waals surface area contributed by atoms with E-state index in [4.69, 9.17) is 32.7 Å². The molecule has 0 saturated carbocycles. The van der Waals surface area contributed by atoms with Crippen LogP contribution in [0.25, 0.3) is 10.9 Å². The number of halogens is 2. The topological polar surface area (TPSA) is 109 Å². The van der Waals surface area contributed by atoms with Crippen molar-refractivity contribution in [1.29, 1.82) is 0 Å². The summed E-state index contributed by atoms with van der Waals surface area (Å²) >= 11 is 12.4. The lowest BCUT2D eigenvalue weighted by atomic mass is 9.99. The summed E-state index contributed by atoms with van der Waals surface area (Å²) in [6, 6.07) is 11.4. The Bertz CT molecular complexity index is 1530. The number of H-pyrrole nitrogens is 1. The molecule has 2 aromatic carbocycles. The van der Waals surface area contributed by atoms with Gasteiger partial charge in [0.1, 0.15) is 17.9 Å². The molecule has 1 atom stereocenters. The summed E-state index contributed by atoms with van der Waals surface area (Å²) in [7, 11) is -3.85. The van der Waals surface area contributed by atoms with Crippen molar-refractivity contribution >= 4 is 55.6 Å². The van der Waals surface area contributed by atoms with Crippen LogP contribution in [-0.4, -0.2) is 49.7 Å². The Morgan fingerprint density at radius 3 is 2.71 bits per heavy atom. The fourth-order valence-corrected chi connectivity index (χ4v) is 6.16. The number of fused-ring (bicyclic) bond motifs is 1. The molecule has 0 aliphatic carbocycles. The maximum Gasteiger partial charge on any atom is 0.261 e. The number of aromatic amines is 1. The first kappa shape index (κ1) is 26.4. The van der Waals surface area contributed by atoms with Gasteiger partial charge in [0.05, 0.1) is 39.4 Å². The minimum absolute atomic E-state index is 0.114. The van der Waals surface area contributed by atoms with E-state index in [1.54, 1.807) is 30.5 Å². The number of aromatic nitrogens is 3. The number of nitrogens with one attached hydrogen (secondary N) is 2. The molecule has 0 spiro atoms. The highest BCUT2D eigenvalue weighted by atomic mass is 35.5. The minimum Gasteiger partial charge on any atom is -0.493 e. The first-order valence-electron chi connectivity index (χ1n) is 12.2. The normalized spacial score (nSPS) is 16.0. The quantitative estimate of drug-likeness (QED) is 0.261. The number of ether oxygens (including phenoxy) is 2. The van der Waals surface area contributed by atoms with E-state index in [1.807, 2.05) is 13.0 Å². The van der Waals surface area contributed by atoms with Crippen LogP contribution in [0.3, 0.4) is 0 Å². The van der Waals surface area contributed by atoms with Gasteiger partial charge in [-0.1, -0.05) is 23.2 Å². The summed E-state index contributed by atoms with van der Waals surface area (Å²) < 4.78 is 40.2. The Hall–Kier alpha value is -3.21. The van der Waals surface area contributed by atoms with Crippen molar-refractivity contribution in [2.24, 2.45) is 5.92 Å². The second kappa shape index (κ2) is 11.3. The zero-order valence-electron chi connectivity index (χ0n) is 20.7. The highest BCUT2D eigenvalue weighted by molar-refractivity contribution is 7.92. The molecule has 0 bridgehead atoms. The van der Waals surface area contributed by atoms with Gasteiger partial charge in [0, 0.05) is 36.7 Å². The third-order valence-corrected chi connectivity index (χ3v) is 8.36. The second-order valence-electron chi connectivity index (χ2n) is 8.97. The molecule has 38 heavy (non-hydrogen) atoms. The predicted octanol–water partition coefficient (Wildman–Crippen LogP) is 5.76. The third kappa shape index (κ3) is 5.77. The van der Waals surface area contributed by atoms with Gasteiger partial charge in [0.25, 0.3) is 10.0 Å². The number of hydrogen-bond acceptors (Lipinski definition) is 7. The molecule has 2 aromatic heterocycles. The Morgan fingerprint density at radius 2 is 1.92 bits per heavy atom. The average Bonchev–Trinajstić information content (AvgIpc) is 3.32. The van der Waals surface area contributed by atoms with Crippen LogP contribution in [0.4, 0.5) is 11.5 Å². The number of sulfonamides is 1. The number of anilines is 2. The lowest BCUT2D eigenvalue weighted by molar-refractivity contribution is 0.228. The van der Waals surface area contributed by atoms with Crippen molar-refractivity contribution in [2.75, 3.05) is 35.9 Å². The number of rotatable bonds is 9. The number of piperidine rings is 1. The van der Waals surface area contributed by atoms with Crippen LogP contribution in [0.1, 0.15) is 19.8 Å². The van der Waals surface area contributed by atoms with Crippen LogP contribution in [0.5, 0.6) is 11.6 Å². The van der Waals surface area contributed by atoms with Crippen molar-refractivity contribution in [1.82, 2.24) is 15.0 Å². The van der Waals surface area contributed by atoms with E-state index in [-0.39, 0.29) is 4.90 Å². The molecule has 200 valence electrons. The summed E-state index contributed by atoms with van der Waals surface area (Å²) in [4.78, 5) is 13.8. The summed E-state index contributed by atoms with van der Waals surface area (Å²) in [5.41, 5.74) is 0.874. The van der Waals surface area contributed by atoms with E-state index < -0.39 is 10.0 Å². The minimum atomic E-state index is -3.85. The van der Waals surface area contributed by atoms with Gasteiger partial charge in [-0.25, -0.2) is 18.4 Å². The van der Waals surface area contributed by atoms with Gasteiger partial charge in [-0.3, -0.25) is 4.72 Å². The predicted molar refractivity (Wildman–Crippen MR) is 149 cm³/mol. The molecule has 9 nitrogen and oxygen atoms in total. The van der Waals surface area contributed by atoms with Gasteiger partial charge < -0.3 is 19.4 Å². The van der Waals surface area contributed by atoms with Crippen LogP contribution in [0, 0.1) is 5.92 Å². The zero-order chi connectivity index (χ0) is 26.7. The molecule has 5 rings (SSSR count). The Labute approximate surface area is 231 Å². The van der Waals surface area contributed by atoms with Crippen molar-refractivity contribution in [3.8, 4) is 11.6 Å². The molecule has 3 heterocycles. The summed E-state index contributed by atoms with van der Waals surface area (Å²) in [6.45, 7) is 4.70. The fraction of sp³-hybridized carbons (Fsp3) is 0.308. The van der Waals surface area contributed by atoms with Crippen molar-refractivity contribution in [3.63, 3.8) is 0 Å². The summed E-state index contributed by atoms with van der Waals surface area (Å²) in [6.07, 6.45) is 5.15. The SMILES string of the molecule is CCOc1cc(N2CCC[C@H](COc3ccc(S(=O)(=O)Nc4ccc(Cl)c5c(Cl)c[nH]c45)cc3)C2)ncn1. The van der Waals surface area contributed by atoms with Crippen molar-refractivity contribution < 1.29 is 17.9 Å². The lowest BCUT2D eigenvalue weighted by Crippen LogP contribution is -2.38. The smallest absolute Gasteiger partial charge is 0.261 e. The van der Waals surface area contributed by atoms with Crippen LogP contribution >= 0.6 is 23.2 Å². The molecule has 1 aliphatic rings. The molecule has 0 amide bonds. The van der Waals surface area contributed by atoms with E-state index in [2.05, 4.69) is 24.6 Å². The average molecular weight is 577 g/mol. The third-order valence-electron chi connectivity index (χ3n) is 6.36. The Balaban J connectivity index is 1.21. The van der Waals surface area contributed by atoms with Gasteiger partial charge in [-0.2, -0.15) is 0 Å². The maximum absolute atomic E-state index is 13.0. The molecule has 0 radical (unpaired) electrons. The number of nitrogens with zero attached hydrogens (tertiary/aromatic N) is 3. The van der Waals surface area contributed by atoms with E-state index in [9.17, 15) is 8.42 Å². The second-order valence-corrected chi connectivity index (χ2v) is 11.5. The van der Waals surface area contributed by atoms with Gasteiger partial charge in [0.2, 0.25) is 5.88 Å². The fourth-order valence-electron chi connectivity index (χ4n) is 4.53. The van der Waals surface area contributed by atoms with Crippen LogP contribution < -0.4 is 19.1 Å². The standard InChI is InChI=1S/C26H27Cl2N5O4S/c1-2-36-24-12-23(30-16-31-24)33-11-3-4-17(14-33)15-37-18-5-7-19(8-6-18)38(34,35)32-22-10-9-20(27)25-21(28)13-29-26(22)25/h5-10,12-13,16-17,29,32H,2-4,11,14-15H2,1H3/t17-/m0/s1. The van der Waals surface area contributed by atoms with E-state index in [0.29, 0.717) is 57.4 Å². The molecule has 1 aliphatic heterocycles. The van der Waals surface area contributed by atoms with Gasteiger partial charge >= 0.3 is 0 Å². The van der Waals surface area contributed by atoms with Crippen LogP contribution in [0.15, 0.2) is 59.9 Å². The molecule has 1 saturated heterocycles. The Kier molecular flexibility index (Phi) is 7.83. The van der Waals surface area contributed by atoms with E-state index in [0.717, 1.165) is 31.7 Å². The van der Waals surface area contributed by atoms with Gasteiger partial charge in [0.15, 0.2) is 0 Å². The highest BCUT2D eigenvalue weighted by Gasteiger charge is 2.23. The first-order valence-corrected chi connectivity index (χ1v) is 14.5. The maximum atomic E-state index is 13.0. The van der Waals surface area contributed by atoms with Crippen LogP contribution in [0.2, 0.25) is 10.0 Å². The van der Waals surface area contributed by atoms with Crippen molar-refractivity contribution in [2.45, 2.75) is 24.7 Å². The summed E-state index contributed by atoms with van der Waals surface area (Å²) in [5, 5.41) is 1.41. The van der Waals surface area contributed by atoms with Crippen molar-refractivity contribution in [3.05, 3.63) is 65.0 Å². The van der Waals surface area contributed by atoms with E-state index in [1.165, 1.54) is 18.5 Å². The largest absolute Gasteiger partial charge is 0.493 e. The molecule has 4 aromatic rings. The summed E-state index contributed by atoms with van der Waals surface area (Å²) in [5.74, 6) is 2.32. The lowest BCUT2D eigenvalue weighted by Gasteiger charge is -2.33. The molecule has 0 unspecified atom stereocenters. The number of benzene rings is 2. The van der Waals surface area contributed by atoms with Gasteiger partial charge in [-0.05, 0) is 56.2 Å². The molecule has 2 N–H and O–H groups in total. The van der Waals surface area contributed by atoms with Crippen LogP contribution in [-0.2, 0) is 10.0 Å². The molecular weight excluding hydrogens is 549 g/mol. The van der Waals surface area contributed by atoms with E-state index >= 15 is 0 Å². The molecular formula is C26H27Cl2N5O4S. The van der Waals surface area contributed by atoms with Gasteiger partial charge in [-0.15, -0.1) is 0 Å². The Morgan fingerprint density at radius 1 is 1.11 bits per heavy atom. The number of hydrogen-bond donors (Lipinski definition) is 2. The molecule has 1 fully saturated rings. The first-order chi connectivity index (χ1) is 18.3.